The molecule has 0 saturated heterocycles. The Kier molecular flexibility index (Phi) is 6.27. The molecular weight excluding hydrogens is 476 g/mol. The summed E-state index contributed by atoms with van der Waals surface area (Å²) < 4.78 is 27.9. The summed E-state index contributed by atoms with van der Waals surface area (Å²) in [6, 6.07) is 21.8. The predicted octanol–water partition coefficient (Wildman–Crippen LogP) is 4.86. The fraction of sp³-hybridized carbons (Fsp3) is 0.208. The average Bonchev–Trinajstić information content (AvgIpc) is 2.78. The van der Waals surface area contributed by atoms with E-state index in [0.29, 0.717) is 12.1 Å². The van der Waals surface area contributed by atoms with Crippen LogP contribution in [0.25, 0.3) is 0 Å². The molecule has 0 spiro atoms. The van der Waals surface area contributed by atoms with Crippen LogP contribution in [0.1, 0.15) is 27.9 Å². The van der Waals surface area contributed by atoms with Gasteiger partial charge in [0, 0.05) is 35.9 Å². The number of para-hydroxylation sites is 1. The van der Waals surface area contributed by atoms with Crippen molar-refractivity contribution in [3.63, 3.8) is 0 Å². The molecule has 0 aliphatic carbocycles. The van der Waals surface area contributed by atoms with E-state index in [4.69, 9.17) is 0 Å². The highest BCUT2D eigenvalue weighted by molar-refractivity contribution is 9.10. The summed E-state index contributed by atoms with van der Waals surface area (Å²) >= 11 is 3.32. The highest BCUT2D eigenvalue weighted by Gasteiger charge is 2.24. The lowest BCUT2D eigenvalue weighted by atomic mass is 10.0. The number of carbonyl (C=O) groups excluding carboxylic acids is 1. The molecule has 0 N–H and O–H groups in total. The number of sulfonamides is 1. The summed E-state index contributed by atoms with van der Waals surface area (Å²) in [6.45, 7) is 0.855. The number of aryl methyl sites for hydroxylation is 1. The van der Waals surface area contributed by atoms with Crippen molar-refractivity contribution in [1.29, 1.82) is 0 Å². The lowest BCUT2D eigenvalue weighted by Gasteiger charge is -2.29. The first-order valence-corrected chi connectivity index (χ1v) is 12.3. The van der Waals surface area contributed by atoms with Crippen LogP contribution in [0.5, 0.6) is 0 Å². The maximum Gasteiger partial charge on any atom is 0.258 e. The van der Waals surface area contributed by atoms with Crippen LogP contribution < -0.4 is 4.90 Å². The quantitative estimate of drug-likeness (QED) is 0.504. The third-order valence-corrected chi connectivity index (χ3v) is 7.80. The van der Waals surface area contributed by atoms with Gasteiger partial charge in [0.25, 0.3) is 5.91 Å². The largest absolute Gasteiger partial charge is 0.308 e. The summed E-state index contributed by atoms with van der Waals surface area (Å²) in [5.74, 6) is -0.0626. The highest BCUT2D eigenvalue weighted by Crippen LogP contribution is 2.28. The first kappa shape index (κ1) is 21.7. The van der Waals surface area contributed by atoms with Crippen LogP contribution in [0.4, 0.5) is 5.69 Å². The lowest BCUT2D eigenvalue weighted by molar-refractivity contribution is 0.0985. The second kappa shape index (κ2) is 8.94. The zero-order chi connectivity index (χ0) is 22.0. The van der Waals surface area contributed by atoms with Crippen molar-refractivity contribution in [3.05, 3.63) is 94.0 Å². The number of fused-ring (bicyclic) bond motifs is 1. The van der Waals surface area contributed by atoms with Gasteiger partial charge in [-0.3, -0.25) is 4.79 Å². The zero-order valence-electron chi connectivity index (χ0n) is 17.2. The van der Waals surface area contributed by atoms with E-state index in [1.807, 2.05) is 29.2 Å². The summed E-state index contributed by atoms with van der Waals surface area (Å²) in [5.41, 5.74) is 3.46. The Bertz CT molecular complexity index is 1210. The molecule has 0 fully saturated rings. The molecule has 160 valence electrons. The van der Waals surface area contributed by atoms with Gasteiger partial charge in [-0.25, -0.2) is 8.42 Å². The molecule has 0 aromatic heterocycles. The fourth-order valence-corrected chi connectivity index (χ4v) is 5.25. The molecule has 1 amide bonds. The molecule has 31 heavy (non-hydrogen) atoms. The molecule has 3 aromatic carbocycles. The monoisotopic (exact) mass is 498 g/mol. The van der Waals surface area contributed by atoms with Crippen LogP contribution >= 0.6 is 15.9 Å². The number of hydrogen-bond acceptors (Lipinski definition) is 3. The number of rotatable bonds is 5. The molecule has 0 saturated carbocycles. The van der Waals surface area contributed by atoms with E-state index in [1.165, 1.54) is 9.87 Å². The minimum atomic E-state index is -3.63. The molecule has 0 bridgehead atoms. The minimum Gasteiger partial charge on any atom is -0.308 e. The van der Waals surface area contributed by atoms with Crippen LogP contribution in [0.2, 0.25) is 0 Å². The Morgan fingerprint density at radius 1 is 1.03 bits per heavy atom. The van der Waals surface area contributed by atoms with Crippen LogP contribution in [0.3, 0.4) is 0 Å². The number of hydrogen-bond donors (Lipinski definition) is 0. The number of benzene rings is 3. The zero-order valence-corrected chi connectivity index (χ0v) is 19.6. The standard InChI is InChI=1S/C24H23BrN2O3S/c1-26(31(29,30)22-13-11-21(25)12-14-22)17-18-6-4-8-20(16-18)24(28)27-15-5-9-19-7-2-3-10-23(19)27/h2-4,6-8,10-14,16H,5,9,15,17H2,1H3. The van der Waals surface area contributed by atoms with E-state index in [9.17, 15) is 13.2 Å². The van der Waals surface area contributed by atoms with E-state index in [1.54, 1.807) is 49.5 Å². The van der Waals surface area contributed by atoms with Gasteiger partial charge in [-0.15, -0.1) is 0 Å². The van der Waals surface area contributed by atoms with Crippen LogP contribution in [-0.2, 0) is 23.0 Å². The van der Waals surface area contributed by atoms with Gasteiger partial charge < -0.3 is 4.90 Å². The lowest BCUT2D eigenvalue weighted by Crippen LogP contribution is -2.35. The van der Waals surface area contributed by atoms with Gasteiger partial charge in [0.2, 0.25) is 10.0 Å². The molecule has 1 aliphatic heterocycles. The van der Waals surface area contributed by atoms with Gasteiger partial charge in [0.1, 0.15) is 0 Å². The molecule has 3 aromatic rings. The van der Waals surface area contributed by atoms with Crippen molar-refractivity contribution >= 4 is 37.5 Å². The highest BCUT2D eigenvalue weighted by atomic mass is 79.9. The van der Waals surface area contributed by atoms with Crippen molar-refractivity contribution in [1.82, 2.24) is 4.31 Å². The van der Waals surface area contributed by atoms with Gasteiger partial charge in [-0.1, -0.05) is 46.3 Å². The Morgan fingerprint density at radius 2 is 1.77 bits per heavy atom. The maximum atomic E-state index is 13.2. The van der Waals surface area contributed by atoms with Crippen LogP contribution in [-0.4, -0.2) is 32.2 Å². The fourth-order valence-electron chi connectivity index (χ4n) is 3.83. The van der Waals surface area contributed by atoms with Gasteiger partial charge in [0.15, 0.2) is 0 Å². The first-order chi connectivity index (χ1) is 14.9. The number of halogens is 1. The van der Waals surface area contributed by atoms with Crippen molar-refractivity contribution in [2.45, 2.75) is 24.3 Å². The number of anilines is 1. The van der Waals surface area contributed by atoms with Gasteiger partial charge in [0.05, 0.1) is 4.90 Å². The molecule has 1 aliphatic rings. The Hall–Kier alpha value is -2.48. The second-order valence-corrected chi connectivity index (χ2v) is 10.6. The summed E-state index contributed by atoms with van der Waals surface area (Å²) in [6.07, 6.45) is 1.90. The third-order valence-electron chi connectivity index (χ3n) is 5.46. The molecule has 0 unspecified atom stereocenters. The summed E-state index contributed by atoms with van der Waals surface area (Å²) in [4.78, 5) is 15.3. The normalized spacial score (nSPS) is 13.8. The van der Waals surface area contributed by atoms with Crippen molar-refractivity contribution < 1.29 is 13.2 Å². The number of carbonyl (C=O) groups is 1. The Labute approximate surface area is 191 Å². The summed E-state index contributed by atoms with van der Waals surface area (Å²) in [5, 5.41) is 0. The molecule has 0 radical (unpaired) electrons. The van der Waals surface area contributed by atoms with Crippen molar-refractivity contribution in [2.24, 2.45) is 0 Å². The second-order valence-electron chi connectivity index (χ2n) is 7.60. The van der Waals surface area contributed by atoms with Gasteiger partial charge in [-0.2, -0.15) is 4.31 Å². The van der Waals surface area contributed by atoms with E-state index in [0.717, 1.165) is 28.6 Å². The molecule has 1 heterocycles. The number of amides is 1. The first-order valence-electron chi connectivity index (χ1n) is 10.1. The van der Waals surface area contributed by atoms with Crippen molar-refractivity contribution in [2.75, 3.05) is 18.5 Å². The molecule has 4 rings (SSSR count). The Morgan fingerprint density at radius 3 is 2.55 bits per heavy atom. The SMILES string of the molecule is CN(Cc1cccc(C(=O)N2CCCc3ccccc32)c1)S(=O)(=O)c1ccc(Br)cc1. The summed E-state index contributed by atoms with van der Waals surface area (Å²) in [7, 11) is -2.08. The van der Waals surface area contributed by atoms with Gasteiger partial charge >= 0.3 is 0 Å². The van der Waals surface area contributed by atoms with Crippen LogP contribution in [0, 0.1) is 0 Å². The van der Waals surface area contributed by atoms with E-state index in [2.05, 4.69) is 22.0 Å². The Balaban J connectivity index is 1.55. The van der Waals surface area contributed by atoms with Gasteiger partial charge in [-0.05, 0) is 66.4 Å². The van der Waals surface area contributed by atoms with E-state index in [-0.39, 0.29) is 17.3 Å². The molecule has 0 atom stereocenters. The number of nitrogens with zero attached hydrogens (tertiary/aromatic N) is 2. The van der Waals surface area contributed by atoms with E-state index >= 15 is 0 Å². The molecule has 7 heteroatoms. The minimum absolute atomic E-state index is 0.0626. The van der Waals surface area contributed by atoms with Crippen LogP contribution in [0.15, 0.2) is 82.2 Å². The van der Waals surface area contributed by atoms with Crippen molar-refractivity contribution in [3.8, 4) is 0 Å². The predicted molar refractivity (Wildman–Crippen MR) is 126 cm³/mol. The van der Waals surface area contributed by atoms with E-state index < -0.39 is 10.0 Å². The molecular formula is C24H23BrN2O3S. The topological polar surface area (TPSA) is 57.7 Å². The average molecular weight is 499 g/mol. The maximum absolute atomic E-state index is 13.2. The third kappa shape index (κ3) is 4.59. The molecule has 5 nitrogen and oxygen atoms in total. The smallest absolute Gasteiger partial charge is 0.258 e.